The molecular weight excluding hydrogens is 524 g/mol. The fourth-order valence-electron chi connectivity index (χ4n) is 3.32. The lowest BCUT2D eigenvalue weighted by Gasteiger charge is -2.14. The third-order valence-corrected chi connectivity index (χ3v) is 6.34. The number of hydrogen-bond acceptors (Lipinski definition) is 9. The SMILES string of the molecule is CCCOC(=O)c1cc(NC(=O)CN2C(=O)S/C(=C/c3cc(OC)c(OC)cc3OC)C2=O)ccc1Cl. The number of imide groups is 1. The van der Waals surface area contributed by atoms with Crippen molar-refractivity contribution < 1.29 is 38.1 Å². The van der Waals surface area contributed by atoms with Gasteiger partial charge in [-0.1, -0.05) is 18.5 Å². The van der Waals surface area contributed by atoms with Gasteiger partial charge in [-0.3, -0.25) is 19.3 Å². The highest BCUT2D eigenvalue weighted by molar-refractivity contribution is 8.18. The number of rotatable bonds is 10. The van der Waals surface area contributed by atoms with Gasteiger partial charge in [-0.25, -0.2) is 4.79 Å². The third kappa shape index (κ3) is 6.55. The standard InChI is InChI=1S/C25H25ClN2O8S/c1-5-8-36-24(31)16-11-15(6-7-17(16)26)27-22(29)13-28-23(30)21(37-25(28)32)10-14-9-19(34-3)20(35-4)12-18(14)33-2/h6-7,9-12H,5,8,13H2,1-4H3,(H,27,29)/b21-10+. The van der Waals surface area contributed by atoms with Crippen molar-refractivity contribution in [3.63, 3.8) is 0 Å². The van der Waals surface area contributed by atoms with E-state index in [0.29, 0.717) is 41.0 Å². The highest BCUT2D eigenvalue weighted by Gasteiger charge is 2.36. The van der Waals surface area contributed by atoms with Gasteiger partial charge < -0.3 is 24.3 Å². The van der Waals surface area contributed by atoms with Gasteiger partial charge in [0.2, 0.25) is 5.91 Å². The second-order valence-electron chi connectivity index (χ2n) is 7.60. The number of ether oxygens (including phenoxy) is 4. The number of benzene rings is 2. The molecule has 0 aliphatic carbocycles. The predicted octanol–water partition coefficient (Wildman–Crippen LogP) is 4.61. The molecule has 0 saturated carbocycles. The molecule has 0 aromatic heterocycles. The first-order valence-corrected chi connectivity index (χ1v) is 12.2. The highest BCUT2D eigenvalue weighted by Crippen LogP contribution is 2.38. The number of hydrogen-bond donors (Lipinski definition) is 1. The molecule has 3 rings (SSSR count). The van der Waals surface area contributed by atoms with Gasteiger partial charge in [0, 0.05) is 17.3 Å². The Kier molecular flexibility index (Phi) is 9.42. The van der Waals surface area contributed by atoms with Crippen molar-refractivity contribution in [1.82, 2.24) is 4.90 Å². The molecule has 12 heteroatoms. The summed E-state index contributed by atoms with van der Waals surface area (Å²) >= 11 is 6.77. The van der Waals surface area contributed by atoms with E-state index in [9.17, 15) is 19.2 Å². The molecule has 1 fully saturated rings. The summed E-state index contributed by atoms with van der Waals surface area (Å²) in [6.07, 6.45) is 2.13. The minimum absolute atomic E-state index is 0.0888. The molecule has 3 amide bonds. The number of nitrogens with one attached hydrogen (secondary N) is 1. The molecule has 1 N–H and O–H groups in total. The van der Waals surface area contributed by atoms with E-state index in [1.807, 2.05) is 6.92 Å². The Labute approximate surface area is 222 Å². The van der Waals surface area contributed by atoms with Gasteiger partial charge in [0.1, 0.15) is 12.3 Å². The van der Waals surface area contributed by atoms with E-state index in [2.05, 4.69) is 5.32 Å². The first-order valence-electron chi connectivity index (χ1n) is 11.0. The molecule has 2 aromatic rings. The minimum atomic E-state index is -0.637. The number of halogens is 1. The van der Waals surface area contributed by atoms with E-state index in [-0.39, 0.29) is 27.8 Å². The summed E-state index contributed by atoms with van der Waals surface area (Å²) in [6, 6.07) is 7.52. The molecule has 10 nitrogen and oxygen atoms in total. The molecule has 0 spiro atoms. The number of methoxy groups -OCH3 is 3. The second kappa shape index (κ2) is 12.5. The van der Waals surface area contributed by atoms with Crippen LogP contribution >= 0.6 is 23.4 Å². The lowest BCUT2D eigenvalue weighted by atomic mass is 10.1. The fourth-order valence-corrected chi connectivity index (χ4v) is 4.34. The summed E-state index contributed by atoms with van der Waals surface area (Å²) in [6.45, 7) is 1.56. The van der Waals surface area contributed by atoms with Crippen LogP contribution in [0.25, 0.3) is 6.08 Å². The Balaban J connectivity index is 1.75. The van der Waals surface area contributed by atoms with Crippen molar-refractivity contribution in [2.45, 2.75) is 13.3 Å². The molecule has 0 atom stereocenters. The topological polar surface area (TPSA) is 120 Å². The number of carbonyl (C=O) groups is 4. The molecular formula is C25H25ClN2O8S. The third-order valence-electron chi connectivity index (χ3n) is 5.11. The van der Waals surface area contributed by atoms with Crippen molar-refractivity contribution in [2.24, 2.45) is 0 Å². The monoisotopic (exact) mass is 548 g/mol. The number of amides is 3. The summed E-state index contributed by atoms with van der Waals surface area (Å²) in [5.74, 6) is -0.647. The Hall–Kier alpha value is -3.70. The average Bonchev–Trinajstić information content (AvgIpc) is 3.15. The summed E-state index contributed by atoms with van der Waals surface area (Å²) in [5, 5.41) is 2.13. The summed E-state index contributed by atoms with van der Waals surface area (Å²) < 4.78 is 21.0. The number of anilines is 1. The molecule has 37 heavy (non-hydrogen) atoms. The van der Waals surface area contributed by atoms with Crippen LogP contribution in [0.3, 0.4) is 0 Å². The number of carbonyl (C=O) groups excluding carboxylic acids is 4. The van der Waals surface area contributed by atoms with Crippen LogP contribution in [-0.4, -0.2) is 62.4 Å². The molecule has 1 aliphatic heterocycles. The van der Waals surface area contributed by atoms with Crippen molar-refractivity contribution in [3.8, 4) is 17.2 Å². The normalized spacial score (nSPS) is 14.1. The average molecular weight is 549 g/mol. The van der Waals surface area contributed by atoms with Crippen molar-refractivity contribution in [2.75, 3.05) is 39.8 Å². The van der Waals surface area contributed by atoms with Crippen molar-refractivity contribution >= 4 is 58.1 Å². The van der Waals surface area contributed by atoms with Gasteiger partial charge in [0.25, 0.3) is 11.1 Å². The molecule has 196 valence electrons. The zero-order valence-electron chi connectivity index (χ0n) is 20.6. The van der Waals surface area contributed by atoms with Crippen molar-refractivity contribution in [1.29, 1.82) is 0 Å². The van der Waals surface area contributed by atoms with Gasteiger partial charge in [0.05, 0.1) is 43.4 Å². The molecule has 1 saturated heterocycles. The van der Waals surface area contributed by atoms with Crippen LogP contribution < -0.4 is 19.5 Å². The van der Waals surface area contributed by atoms with E-state index in [0.717, 1.165) is 4.90 Å². The quantitative estimate of drug-likeness (QED) is 0.335. The van der Waals surface area contributed by atoms with E-state index in [4.69, 9.17) is 30.5 Å². The van der Waals surface area contributed by atoms with Crippen LogP contribution in [0.2, 0.25) is 5.02 Å². The van der Waals surface area contributed by atoms with Gasteiger partial charge in [-0.2, -0.15) is 0 Å². The van der Waals surface area contributed by atoms with Crippen molar-refractivity contribution in [3.05, 3.63) is 51.4 Å². The molecule has 1 heterocycles. The molecule has 0 unspecified atom stereocenters. The zero-order valence-corrected chi connectivity index (χ0v) is 22.2. The maximum absolute atomic E-state index is 12.9. The first kappa shape index (κ1) is 27.9. The Morgan fingerprint density at radius 3 is 2.35 bits per heavy atom. The van der Waals surface area contributed by atoms with Gasteiger partial charge in [0.15, 0.2) is 11.5 Å². The zero-order chi connectivity index (χ0) is 27.1. The number of nitrogens with zero attached hydrogens (tertiary/aromatic N) is 1. The Morgan fingerprint density at radius 2 is 1.70 bits per heavy atom. The number of esters is 1. The van der Waals surface area contributed by atoms with E-state index in [1.54, 1.807) is 12.1 Å². The summed E-state index contributed by atoms with van der Waals surface area (Å²) in [7, 11) is 4.41. The Bertz CT molecular complexity index is 1260. The van der Waals surface area contributed by atoms with E-state index < -0.39 is 29.6 Å². The Morgan fingerprint density at radius 1 is 1.03 bits per heavy atom. The van der Waals surface area contributed by atoms with Crippen LogP contribution in [0.5, 0.6) is 17.2 Å². The predicted molar refractivity (Wildman–Crippen MR) is 139 cm³/mol. The van der Waals surface area contributed by atoms with E-state index >= 15 is 0 Å². The summed E-state index contributed by atoms with van der Waals surface area (Å²) in [4.78, 5) is 51.2. The minimum Gasteiger partial charge on any atom is -0.496 e. The van der Waals surface area contributed by atoms with E-state index in [1.165, 1.54) is 45.6 Å². The molecule has 2 aromatic carbocycles. The maximum atomic E-state index is 12.9. The molecule has 0 bridgehead atoms. The first-order chi connectivity index (χ1) is 17.7. The fraction of sp³-hybridized carbons (Fsp3) is 0.280. The lowest BCUT2D eigenvalue weighted by molar-refractivity contribution is -0.127. The van der Waals surface area contributed by atoms with Gasteiger partial charge in [-0.15, -0.1) is 0 Å². The molecule has 1 aliphatic rings. The number of thioether (sulfide) groups is 1. The molecule has 0 radical (unpaired) electrons. The smallest absolute Gasteiger partial charge is 0.339 e. The lowest BCUT2D eigenvalue weighted by Crippen LogP contribution is -2.36. The van der Waals surface area contributed by atoms with Crippen LogP contribution in [0, 0.1) is 0 Å². The van der Waals surface area contributed by atoms with Crippen LogP contribution in [0.15, 0.2) is 35.2 Å². The van der Waals surface area contributed by atoms with Crippen LogP contribution in [-0.2, 0) is 14.3 Å². The maximum Gasteiger partial charge on any atom is 0.339 e. The highest BCUT2D eigenvalue weighted by atomic mass is 35.5. The second-order valence-corrected chi connectivity index (χ2v) is 9.00. The summed E-state index contributed by atoms with van der Waals surface area (Å²) in [5.41, 5.74) is 0.833. The van der Waals surface area contributed by atoms with Gasteiger partial charge >= 0.3 is 5.97 Å². The van der Waals surface area contributed by atoms with Crippen LogP contribution in [0.1, 0.15) is 29.3 Å². The van der Waals surface area contributed by atoms with Gasteiger partial charge in [-0.05, 0) is 48.5 Å². The van der Waals surface area contributed by atoms with Crippen LogP contribution in [0.4, 0.5) is 10.5 Å². The largest absolute Gasteiger partial charge is 0.496 e.